The van der Waals surface area contributed by atoms with Gasteiger partial charge in [-0.15, -0.1) is 0 Å². The molecule has 0 spiro atoms. The van der Waals surface area contributed by atoms with Crippen LogP contribution in [0.5, 0.6) is 0 Å². The van der Waals surface area contributed by atoms with Gasteiger partial charge in [0.1, 0.15) is 18.3 Å². The molecule has 0 bridgehead atoms. The molecule has 0 radical (unpaired) electrons. The summed E-state index contributed by atoms with van der Waals surface area (Å²) < 4.78 is 67.3. The van der Waals surface area contributed by atoms with Gasteiger partial charge in [-0.3, -0.25) is 14.5 Å². The van der Waals surface area contributed by atoms with Crippen LogP contribution in [0, 0.1) is 0 Å². The van der Waals surface area contributed by atoms with Crippen molar-refractivity contribution in [2.45, 2.75) is 31.1 Å². The zero-order valence-electron chi connectivity index (χ0n) is 14.9. The van der Waals surface area contributed by atoms with E-state index in [-0.39, 0.29) is 17.9 Å². The van der Waals surface area contributed by atoms with Crippen LogP contribution < -0.4 is 5.32 Å². The number of hydrogen-bond acceptors (Lipinski definition) is 6. The number of alkyl halides is 3. The molecule has 156 valence electrons. The Kier molecular flexibility index (Phi) is 5.15. The second kappa shape index (κ2) is 7.17. The molecule has 1 aromatic carbocycles. The van der Waals surface area contributed by atoms with E-state index in [1.165, 1.54) is 12.2 Å². The minimum absolute atomic E-state index is 0.0215. The van der Waals surface area contributed by atoms with Crippen LogP contribution in [0.3, 0.4) is 0 Å². The molecule has 2 heterocycles. The summed E-state index contributed by atoms with van der Waals surface area (Å²) >= 11 is 0. The minimum atomic E-state index is -5.29. The molecular formula is C17H15F3N2O6S. The van der Waals surface area contributed by atoms with Gasteiger partial charge >= 0.3 is 18.1 Å². The Balaban J connectivity index is 1.82. The van der Waals surface area contributed by atoms with E-state index >= 15 is 0 Å². The van der Waals surface area contributed by atoms with E-state index in [2.05, 4.69) is 0 Å². The van der Waals surface area contributed by atoms with Crippen LogP contribution in [-0.4, -0.2) is 54.4 Å². The van der Waals surface area contributed by atoms with Crippen LogP contribution in [0.25, 0.3) is 0 Å². The van der Waals surface area contributed by atoms with Gasteiger partial charge in [-0.25, -0.2) is 13.2 Å². The van der Waals surface area contributed by atoms with Crippen molar-refractivity contribution in [3.8, 4) is 0 Å². The third-order valence-electron chi connectivity index (χ3n) is 4.42. The molecule has 0 saturated carbocycles. The Bertz CT molecular complexity index is 1000. The molecule has 1 N–H and O–H groups in total. The molecule has 2 atom stereocenters. The van der Waals surface area contributed by atoms with Gasteiger partial charge in [0.2, 0.25) is 0 Å². The van der Waals surface area contributed by atoms with Crippen molar-refractivity contribution in [3.63, 3.8) is 0 Å². The van der Waals surface area contributed by atoms with Crippen LogP contribution >= 0.6 is 0 Å². The zero-order valence-corrected chi connectivity index (χ0v) is 15.7. The summed E-state index contributed by atoms with van der Waals surface area (Å²) in [7, 11) is -4.12. The number of amides is 2. The largest absolute Gasteiger partial charge is 0.471 e. The second-order valence-corrected chi connectivity index (χ2v) is 8.64. The van der Waals surface area contributed by atoms with Gasteiger partial charge in [0.15, 0.2) is 15.2 Å². The second-order valence-electron chi connectivity index (χ2n) is 6.55. The van der Waals surface area contributed by atoms with E-state index in [0.29, 0.717) is 10.5 Å². The zero-order chi connectivity index (χ0) is 21.6. The highest BCUT2D eigenvalue weighted by molar-refractivity contribution is 7.92. The number of esters is 1. The first-order valence-electron chi connectivity index (χ1n) is 8.26. The lowest BCUT2D eigenvalue weighted by Crippen LogP contribution is -2.75. The van der Waals surface area contributed by atoms with Crippen molar-refractivity contribution < 1.29 is 40.7 Å². The maximum atomic E-state index is 12.5. The fourth-order valence-electron chi connectivity index (χ4n) is 3.15. The average molecular weight is 432 g/mol. The molecule has 3 rings (SSSR count). The summed E-state index contributed by atoms with van der Waals surface area (Å²) in [5.41, 5.74) is 0.320. The van der Waals surface area contributed by atoms with Crippen molar-refractivity contribution in [2.75, 3.05) is 5.75 Å². The lowest BCUT2D eigenvalue weighted by atomic mass is 10.0. The first-order chi connectivity index (χ1) is 13.4. The molecule has 1 aromatic rings. The molecule has 1 saturated heterocycles. The Morgan fingerprint density at radius 1 is 1.24 bits per heavy atom. The average Bonchev–Trinajstić information content (AvgIpc) is 2.63. The number of carbonyl (C=O) groups is 3. The van der Waals surface area contributed by atoms with E-state index in [4.69, 9.17) is 4.74 Å². The monoisotopic (exact) mass is 432 g/mol. The van der Waals surface area contributed by atoms with Crippen molar-refractivity contribution in [2.24, 2.45) is 0 Å². The lowest BCUT2D eigenvalue weighted by molar-refractivity contribution is -0.177. The highest BCUT2D eigenvalue weighted by Crippen LogP contribution is 2.37. The summed E-state index contributed by atoms with van der Waals surface area (Å²) in [6, 6.07) is 6.61. The van der Waals surface area contributed by atoms with Crippen LogP contribution in [0.15, 0.2) is 41.6 Å². The first-order valence-corrected chi connectivity index (χ1v) is 9.98. The van der Waals surface area contributed by atoms with Crippen molar-refractivity contribution in [1.29, 1.82) is 0 Å². The van der Waals surface area contributed by atoms with Gasteiger partial charge in [-0.2, -0.15) is 13.2 Å². The smallest absolute Gasteiger partial charge is 0.456 e. The molecule has 0 aromatic heterocycles. The maximum absolute atomic E-state index is 12.5. The summed E-state index contributed by atoms with van der Waals surface area (Å²) in [5, 5.41) is -0.418. The van der Waals surface area contributed by atoms with Crippen LogP contribution in [0.1, 0.15) is 12.5 Å². The number of nitrogens with zero attached hydrogens (tertiary/aromatic N) is 1. The molecule has 8 nitrogen and oxygen atoms in total. The highest BCUT2D eigenvalue weighted by Gasteiger charge is 2.61. The number of fused-ring (bicyclic) bond motifs is 1. The number of ether oxygens (including phenoxy) is 1. The SMILES string of the molecule is CC1=C(C(=O)OCc2ccccc2)N2C(=O)[C@H](NC(=O)C(F)(F)F)C2S(=O)(=O)C1. The molecule has 1 unspecified atom stereocenters. The molecule has 0 aliphatic carbocycles. The fraction of sp³-hybridized carbons (Fsp3) is 0.353. The van der Waals surface area contributed by atoms with Gasteiger partial charge in [0.05, 0.1) is 5.75 Å². The highest BCUT2D eigenvalue weighted by atomic mass is 32.2. The summed E-state index contributed by atoms with van der Waals surface area (Å²) in [4.78, 5) is 36.5. The van der Waals surface area contributed by atoms with Crippen molar-refractivity contribution in [1.82, 2.24) is 10.2 Å². The molecule has 29 heavy (non-hydrogen) atoms. The summed E-state index contributed by atoms with van der Waals surface area (Å²) in [5.74, 6) is -5.22. The maximum Gasteiger partial charge on any atom is 0.471 e. The van der Waals surface area contributed by atoms with E-state index in [1.807, 2.05) is 0 Å². The molecular weight excluding hydrogens is 417 g/mol. The topological polar surface area (TPSA) is 110 Å². The van der Waals surface area contributed by atoms with Crippen LogP contribution in [0.2, 0.25) is 0 Å². The predicted octanol–water partition coefficient (Wildman–Crippen LogP) is 0.648. The van der Waals surface area contributed by atoms with Gasteiger partial charge in [0.25, 0.3) is 5.91 Å². The minimum Gasteiger partial charge on any atom is -0.456 e. The number of rotatable bonds is 4. The van der Waals surface area contributed by atoms with E-state index in [1.54, 1.807) is 30.3 Å². The van der Waals surface area contributed by atoms with E-state index < -0.39 is 51.0 Å². The molecule has 2 aliphatic heterocycles. The summed E-state index contributed by atoms with van der Waals surface area (Å²) in [6.45, 7) is 1.16. The van der Waals surface area contributed by atoms with Crippen LogP contribution in [-0.2, 0) is 35.6 Å². The number of hydrogen-bond donors (Lipinski definition) is 1. The first kappa shape index (κ1) is 20.8. The third-order valence-corrected chi connectivity index (χ3v) is 6.48. The quantitative estimate of drug-likeness (QED) is 0.553. The molecule has 1 fully saturated rings. The predicted molar refractivity (Wildman–Crippen MR) is 91.3 cm³/mol. The number of β-lactam (4-membered cyclic amide) rings is 1. The number of sulfone groups is 1. The Morgan fingerprint density at radius 3 is 2.45 bits per heavy atom. The molecule has 2 aliphatic rings. The number of carbonyl (C=O) groups excluding carboxylic acids is 3. The molecule has 12 heteroatoms. The van der Waals surface area contributed by atoms with E-state index in [9.17, 15) is 36.0 Å². The van der Waals surface area contributed by atoms with Gasteiger partial charge in [-0.05, 0) is 18.1 Å². The van der Waals surface area contributed by atoms with Crippen molar-refractivity contribution in [3.05, 3.63) is 47.2 Å². The molecule has 2 amide bonds. The Hall–Kier alpha value is -2.89. The Morgan fingerprint density at radius 2 is 1.86 bits per heavy atom. The summed E-state index contributed by atoms with van der Waals surface area (Å²) in [6.07, 6.45) is -5.29. The van der Waals surface area contributed by atoms with Gasteiger partial charge in [0, 0.05) is 0 Å². The Labute approximate surface area is 163 Å². The van der Waals surface area contributed by atoms with Gasteiger partial charge < -0.3 is 10.1 Å². The van der Waals surface area contributed by atoms with Crippen molar-refractivity contribution >= 4 is 27.6 Å². The standard InChI is InChI=1S/C17H15F3N2O6S/c1-9-8-29(26,27)14-11(21-16(25)17(18,19)20)13(23)22(14)12(9)15(24)28-7-10-5-3-2-4-6-10/h2-6,11,14H,7-8H2,1H3,(H,21,25)/t11-,14?/m0/s1. The lowest BCUT2D eigenvalue weighted by Gasteiger charge is -2.49. The number of nitrogens with one attached hydrogen (secondary N) is 1. The number of halogens is 3. The normalized spacial score (nSPS) is 23.2. The third kappa shape index (κ3) is 3.84. The van der Waals surface area contributed by atoms with Crippen LogP contribution in [0.4, 0.5) is 13.2 Å². The van der Waals surface area contributed by atoms with Gasteiger partial charge in [-0.1, -0.05) is 30.3 Å². The fourth-order valence-corrected chi connectivity index (χ4v) is 5.19. The number of benzene rings is 1. The van der Waals surface area contributed by atoms with E-state index in [0.717, 1.165) is 0 Å².